The van der Waals surface area contributed by atoms with E-state index in [-0.39, 0.29) is 11.7 Å². The van der Waals surface area contributed by atoms with Crippen LogP contribution >= 0.6 is 23.2 Å². The van der Waals surface area contributed by atoms with Gasteiger partial charge in [0.2, 0.25) is 0 Å². The third-order valence-electron chi connectivity index (χ3n) is 3.18. The molecule has 0 aliphatic heterocycles. The van der Waals surface area contributed by atoms with Crippen molar-refractivity contribution in [1.29, 1.82) is 0 Å². The number of Topliss-reactive ketones (excluding diaryl/α,β-unsaturated/α-hetero) is 1. The minimum atomic E-state index is -0.465. The van der Waals surface area contributed by atoms with Crippen molar-refractivity contribution < 1.29 is 14.3 Å². The maximum atomic E-state index is 11.2. The lowest BCUT2D eigenvalue weighted by molar-refractivity contribution is -0.118. The number of carbonyl (C=O) groups excluding carboxylic acids is 2. The summed E-state index contributed by atoms with van der Waals surface area (Å²) in [5.74, 6) is 0.681. The minimum Gasteiger partial charge on any atom is -0.444 e. The first-order valence-electron chi connectivity index (χ1n) is 7.47. The summed E-state index contributed by atoms with van der Waals surface area (Å²) in [5.41, 5.74) is -0.465. The summed E-state index contributed by atoms with van der Waals surface area (Å²) in [7, 11) is 0. The van der Waals surface area contributed by atoms with Gasteiger partial charge in [-0.2, -0.15) is 0 Å². The van der Waals surface area contributed by atoms with Gasteiger partial charge < -0.3 is 10.1 Å². The van der Waals surface area contributed by atoms with Crippen LogP contribution in [0.15, 0.2) is 24.3 Å². The predicted molar refractivity (Wildman–Crippen MR) is 93.0 cm³/mol. The fraction of sp³-hybridized carbons (Fsp3) is 0.529. The smallest absolute Gasteiger partial charge is 0.407 e. The molecular weight excluding hydrogens is 337 g/mol. The molecular formula is C17H23Cl2NO3. The molecule has 0 radical (unpaired) electrons. The van der Waals surface area contributed by atoms with Gasteiger partial charge in [-0.3, -0.25) is 4.79 Å². The summed E-state index contributed by atoms with van der Waals surface area (Å²) in [6.45, 7) is 7.60. The Morgan fingerprint density at radius 1 is 1.22 bits per heavy atom. The number of ether oxygens (including phenoxy) is 1. The second kappa shape index (κ2) is 8.55. The predicted octanol–water partition coefficient (Wildman–Crippen LogP) is 4.73. The summed E-state index contributed by atoms with van der Waals surface area (Å²) in [6.07, 6.45) is 0.488. The highest BCUT2D eigenvalue weighted by Gasteiger charge is 2.40. The standard InChI is InChI=1S/C11H19NO3.C6H4Cl2/c1-7(13)9-5-8(9)6-12-10(14)15-11(2,3)4;7-5-3-1-2-4-6(5)8/h8-9H,5-6H2,1-4H3,(H,12,14);1-4H/t8-,9+;/m0./s1. The van der Waals surface area contributed by atoms with Gasteiger partial charge in [-0.1, -0.05) is 35.3 Å². The first-order chi connectivity index (χ1) is 10.6. The number of alkyl carbamates (subject to hydrolysis) is 1. The molecule has 1 aromatic carbocycles. The number of halogens is 2. The minimum absolute atomic E-state index is 0.153. The summed E-state index contributed by atoms with van der Waals surface area (Å²) in [4.78, 5) is 22.2. The van der Waals surface area contributed by atoms with Crippen molar-refractivity contribution in [3.8, 4) is 0 Å². The highest BCUT2D eigenvalue weighted by atomic mass is 35.5. The van der Waals surface area contributed by atoms with Crippen LogP contribution in [0.3, 0.4) is 0 Å². The topological polar surface area (TPSA) is 55.4 Å². The number of hydrogen-bond acceptors (Lipinski definition) is 3. The van der Waals surface area contributed by atoms with Crippen molar-refractivity contribution in [2.45, 2.75) is 39.7 Å². The highest BCUT2D eigenvalue weighted by Crippen LogP contribution is 2.38. The first kappa shape index (κ1) is 19.8. The van der Waals surface area contributed by atoms with E-state index in [2.05, 4.69) is 5.32 Å². The zero-order valence-electron chi connectivity index (χ0n) is 13.9. The third-order valence-corrected chi connectivity index (χ3v) is 3.93. The Bertz CT molecular complexity index is 534. The molecule has 1 aromatic rings. The van der Waals surface area contributed by atoms with Gasteiger partial charge in [0.1, 0.15) is 11.4 Å². The summed E-state index contributed by atoms with van der Waals surface area (Å²) in [6, 6.07) is 7.19. The highest BCUT2D eigenvalue weighted by molar-refractivity contribution is 6.41. The van der Waals surface area contributed by atoms with E-state index < -0.39 is 11.7 Å². The molecule has 1 N–H and O–H groups in total. The van der Waals surface area contributed by atoms with E-state index in [4.69, 9.17) is 27.9 Å². The van der Waals surface area contributed by atoms with Crippen molar-refractivity contribution in [1.82, 2.24) is 5.32 Å². The third kappa shape index (κ3) is 8.24. The number of carbonyl (C=O) groups is 2. The van der Waals surface area contributed by atoms with Crippen LogP contribution in [-0.4, -0.2) is 24.0 Å². The van der Waals surface area contributed by atoms with E-state index in [1.807, 2.05) is 32.9 Å². The van der Waals surface area contributed by atoms with Gasteiger partial charge in [-0.05, 0) is 52.2 Å². The Labute approximate surface area is 147 Å². The SMILES string of the molecule is CC(=O)[C@H]1C[C@H]1CNC(=O)OC(C)(C)C.Clc1ccccc1Cl. The van der Waals surface area contributed by atoms with Crippen LogP contribution in [0.25, 0.3) is 0 Å². The average molecular weight is 360 g/mol. The van der Waals surface area contributed by atoms with Crippen LogP contribution in [0.5, 0.6) is 0 Å². The maximum absolute atomic E-state index is 11.2. The van der Waals surface area contributed by atoms with Gasteiger partial charge in [0.15, 0.2) is 0 Å². The number of rotatable bonds is 3. The average Bonchev–Trinajstić information content (AvgIpc) is 3.18. The molecule has 0 unspecified atom stereocenters. The summed E-state index contributed by atoms with van der Waals surface area (Å²) < 4.78 is 5.08. The zero-order chi connectivity index (χ0) is 17.6. The second-order valence-corrected chi connectivity index (χ2v) is 7.32. The maximum Gasteiger partial charge on any atom is 0.407 e. The Kier molecular flexibility index (Phi) is 7.36. The number of amides is 1. The number of ketones is 1. The van der Waals surface area contributed by atoms with Crippen molar-refractivity contribution in [2.75, 3.05) is 6.54 Å². The molecule has 0 saturated heterocycles. The fourth-order valence-corrected chi connectivity index (χ4v) is 2.21. The van der Waals surface area contributed by atoms with Crippen LogP contribution < -0.4 is 5.32 Å². The number of hydrogen-bond donors (Lipinski definition) is 1. The van der Waals surface area contributed by atoms with Crippen molar-refractivity contribution in [3.63, 3.8) is 0 Å². The second-order valence-electron chi connectivity index (χ2n) is 6.51. The van der Waals surface area contributed by atoms with Gasteiger partial charge in [0.05, 0.1) is 10.0 Å². The van der Waals surface area contributed by atoms with Gasteiger partial charge in [0, 0.05) is 12.5 Å². The van der Waals surface area contributed by atoms with E-state index in [1.54, 1.807) is 19.1 Å². The zero-order valence-corrected chi connectivity index (χ0v) is 15.4. The van der Waals surface area contributed by atoms with Crippen molar-refractivity contribution in [2.24, 2.45) is 11.8 Å². The van der Waals surface area contributed by atoms with Gasteiger partial charge in [-0.15, -0.1) is 0 Å². The lowest BCUT2D eigenvalue weighted by atomic mass is 10.2. The van der Waals surface area contributed by atoms with Crippen molar-refractivity contribution in [3.05, 3.63) is 34.3 Å². The van der Waals surface area contributed by atoms with Gasteiger partial charge >= 0.3 is 6.09 Å². The molecule has 2 atom stereocenters. The molecule has 0 spiro atoms. The van der Waals surface area contributed by atoms with Crippen LogP contribution in [0.4, 0.5) is 4.79 Å². The lowest BCUT2D eigenvalue weighted by Crippen LogP contribution is -2.33. The van der Waals surface area contributed by atoms with Crippen LogP contribution in [-0.2, 0) is 9.53 Å². The molecule has 0 aromatic heterocycles. The molecule has 23 heavy (non-hydrogen) atoms. The molecule has 1 saturated carbocycles. The largest absolute Gasteiger partial charge is 0.444 e. The molecule has 6 heteroatoms. The van der Waals surface area contributed by atoms with Crippen molar-refractivity contribution >= 4 is 35.1 Å². The summed E-state index contributed by atoms with van der Waals surface area (Å²) in [5, 5.41) is 3.88. The van der Waals surface area contributed by atoms with Crippen LogP contribution in [0.2, 0.25) is 10.0 Å². The van der Waals surface area contributed by atoms with Gasteiger partial charge in [-0.25, -0.2) is 4.79 Å². The Balaban J connectivity index is 0.000000277. The molecule has 1 amide bonds. The summed E-state index contributed by atoms with van der Waals surface area (Å²) >= 11 is 11.2. The van der Waals surface area contributed by atoms with E-state index in [1.165, 1.54) is 0 Å². The van der Waals surface area contributed by atoms with Gasteiger partial charge in [0.25, 0.3) is 0 Å². The molecule has 1 aliphatic carbocycles. The molecule has 4 nitrogen and oxygen atoms in total. The quantitative estimate of drug-likeness (QED) is 0.848. The Morgan fingerprint density at radius 2 is 1.74 bits per heavy atom. The molecule has 0 bridgehead atoms. The molecule has 2 rings (SSSR count). The molecule has 1 aliphatic rings. The fourth-order valence-electron chi connectivity index (χ4n) is 1.94. The molecule has 128 valence electrons. The van der Waals surface area contributed by atoms with E-state index in [0.29, 0.717) is 22.5 Å². The number of nitrogens with one attached hydrogen (secondary N) is 1. The monoisotopic (exact) mass is 359 g/mol. The molecule has 0 heterocycles. The number of benzene rings is 1. The van der Waals surface area contributed by atoms with E-state index in [0.717, 1.165) is 6.42 Å². The Hall–Kier alpha value is -1.26. The Morgan fingerprint density at radius 3 is 2.09 bits per heavy atom. The lowest BCUT2D eigenvalue weighted by Gasteiger charge is -2.19. The van der Waals surface area contributed by atoms with Crippen LogP contribution in [0, 0.1) is 11.8 Å². The van der Waals surface area contributed by atoms with E-state index >= 15 is 0 Å². The normalized spacial score (nSPS) is 19.2. The van der Waals surface area contributed by atoms with Crippen LogP contribution in [0.1, 0.15) is 34.1 Å². The first-order valence-corrected chi connectivity index (χ1v) is 8.23. The molecule has 1 fully saturated rings. The van der Waals surface area contributed by atoms with E-state index in [9.17, 15) is 9.59 Å².